The maximum Gasteiger partial charge on any atom is 0.241 e. The average molecular weight is 286 g/mol. The van der Waals surface area contributed by atoms with Crippen molar-refractivity contribution in [3.05, 3.63) is 0 Å². The van der Waals surface area contributed by atoms with E-state index < -0.39 is 10.8 Å². The van der Waals surface area contributed by atoms with Crippen LogP contribution in [0.1, 0.15) is 46.5 Å². The van der Waals surface area contributed by atoms with Crippen molar-refractivity contribution >= 4 is 16.7 Å². The van der Waals surface area contributed by atoms with E-state index in [-0.39, 0.29) is 24.2 Å². The molecule has 0 spiro atoms. The normalized spacial score (nSPS) is 36.2. The van der Waals surface area contributed by atoms with Crippen LogP contribution in [0.4, 0.5) is 0 Å². The number of hydrogen-bond donors (Lipinski definition) is 1. The number of hydrogen-bond acceptors (Lipinski definition) is 3. The summed E-state index contributed by atoms with van der Waals surface area (Å²) in [5.41, 5.74) is 0. The van der Waals surface area contributed by atoms with Gasteiger partial charge in [-0.2, -0.15) is 0 Å². The maximum absolute atomic E-state index is 12.6. The molecule has 0 radical (unpaired) electrons. The molecule has 19 heavy (non-hydrogen) atoms. The van der Waals surface area contributed by atoms with Gasteiger partial charge in [-0.25, -0.2) is 0 Å². The van der Waals surface area contributed by atoms with Gasteiger partial charge < -0.3 is 4.90 Å². The highest BCUT2D eigenvalue weighted by atomic mass is 32.2. The Balaban J connectivity index is 2.10. The Kier molecular flexibility index (Phi) is 5.01. The van der Waals surface area contributed by atoms with Crippen LogP contribution in [0.25, 0.3) is 0 Å². The molecule has 2 saturated heterocycles. The zero-order valence-electron chi connectivity index (χ0n) is 12.2. The summed E-state index contributed by atoms with van der Waals surface area (Å²) >= 11 is 0. The van der Waals surface area contributed by atoms with Crippen molar-refractivity contribution in [3.63, 3.8) is 0 Å². The van der Waals surface area contributed by atoms with Gasteiger partial charge in [-0.15, -0.1) is 0 Å². The van der Waals surface area contributed by atoms with Crippen LogP contribution in [-0.2, 0) is 15.6 Å². The van der Waals surface area contributed by atoms with Crippen LogP contribution in [0.3, 0.4) is 0 Å². The Morgan fingerprint density at radius 3 is 2.53 bits per heavy atom. The van der Waals surface area contributed by atoms with Crippen molar-refractivity contribution in [2.75, 3.05) is 11.5 Å². The second-order valence-electron chi connectivity index (χ2n) is 6.02. The summed E-state index contributed by atoms with van der Waals surface area (Å²) in [6.07, 6.45) is 3.87. The minimum Gasteiger partial charge on any atom is -0.322 e. The summed E-state index contributed by atoms with van der Waals surface area (Å²) in [7, 11) is -0.665. The smallest absolute Gasteiger partial charge is 0.241 e. The quantitative estimate of drug-likeness (QED) is 0.851. The van der Waals surface area contributed by atoms with Crippen LogP contribution in [-0.4, -0.2) is 44.8 Å². The first-order valence-electron chi connectivity index (χ1n) is 7.47. The predicted octanol–water partition coefficient (Wildman–Crippen LogP) is 1.48. The van der Waals surface area contributed by atoms with Crippen LogP contribution in [0.2, 0.25) is 0 Å². The molecule has 0 aromatic heterocycles. The molecular weight excluding hydrogens is 260 g/mol. The molecule has 0 bridgehead atoms. The Labute approximate surface area is 118 Å². The first-order valence-corrected chi connectivity index (χ1v) is 8.96. The molecule has 2 atom stereocenters. The summed E-state index contributed by atoms with van der Waals surface area (Å²) in [5, 5.41) is 3.50. The van der Waals surface area contributed by atoms with Gasteiger partial charge in [-0.3, -0.25) is 14.3 Å². The lowest BCUT2D eigenvalue weighted by Crippen LogP contribution is -2.49. The highest BCUT2D eigenvalue weighted by Gasteiger charge is 2.43. The molecule has 2 unspecified atom stereocenters. The summed E-state index contributed by atoms with van der Waals surface area (Å²) in [6.45, 7) is 6.44. The van der Waals surface area contributed by atoms with Crippen LogP contribution in [0.15, 0.2) is 0 Å². The molecule has 0 aromatic rings. The lowest BCUT2D eigenvalue weighted by molar-refractivity contribution is -0.133. The number of rotatable bonds is 4. The monoisotopic (exact) mass is 286 g/mol. The SMILES string of the molecule is CCCC1NC(C(C)C)N(C2CCS(=O)CC2)C1=O. The van der Waals surface area contributed by atoms with E-state index in [0.717, 1.165) is 37.2 Å². The molecule has 0 saturated carbocycles. The van der Waals surface area contributed by atoms with E-state index in [4.69, 9.17) is 0 Å². The molecular formula is C14H26N2O2S. The van der Waals surface area contributed by atoms with Crippen LogP contribution >= 0.6 is 0 Å². The third kappa shape index (κ3) is 3.19. The highest BCUT2D eigenvalue weighted by molar-refractivity contribution is 7.85. The topological polar surface area (TPSA) is 49.4 Å². The van der Waals surface area contributed by atoms with Crippen LogP contribution in [0.5, 0.6) is 0 Å². The second kappa shape index (κ2) is 6.35. The standard InChI is InChI=1S/C14H26N2O2S/c1-4-5-12-14(17)16(13(15-12)10(2)3)11-6-8-19(18)9-7-11/h10-13,15H,4-9H2,1-3H3. The number of carbonyl (C=O) groups is 1. The van der Waals surface area contributed by atoms with Crippen molar-refractivity contribution in [3.8, 4) is 0 Å². The third-order valence-electron chi connectivity index (χ3n) is 4.18. The van der Waals surface area contributed by atoms with E-state index in [1.165, 1.54) is 0 Å². The summed E-state index contributed by atoms with van der Waals surface area (Å²) in [5.74, 6) is 2.17. The Morgan fingerprint density at radius 2 is 2.00 bits per heavy atom. The van der Waals surface area contributed by atoms with E-state index in [0.29, 0.717) is 5.92 Å². The van der Waals surface area contributed by atoms with Crippen molar-refractivity contribution < 1.29 is 9.00 Å². The molecule has 110 valence electrons. The number of amides is 1. The molecule has 0 aromatic carbocycles. The van der Waals surface area contributed by atoms with E-state index in [2.05, 4.69) is 31.0 Å². The molecule has 0 aliphatic carbocycles. The highest BCUT2D eigenvalue weighted by Crippen LogP contribution is 2.27. The molecule has 5 heteroatoms. The van der Waals surface area contributed by atoms with E-state index in [1.54, 1.807) is 0 Å². The molecule has 2 heterocycles. The fourth-order valence-electron chi connectivity index (χ4n) is 3.15. The fourth-order valence-corrected chi connectivity index (χ4v) is 4.42. The van der Waals surface area contributed by atoms with Gasteiger partial charge in [-0.1, -0.05) is 27.2 Å². The first kappa shape index (κ1) is 15.0. The first-order chi connectivity index (χ1) is 9.04. The molecule has 2 fully saturated rings. The Hall–Kier alpha value is -0.420. The van der Waals surface area contributed by atoms with Crippen molar-refractivity contribution in [1.82, 2.24) is 10.2 Å². The van der Waals surface area contributed by atoms with Crippen molar-refractivity contribution in [2.24, 2.45) is 5.92 Å². The van der Waals surface area contributed by atoms with Gasteiger partial charge >= 0.3 is 0 Å². The zero-order valence-corrected chi connectivity index (χ0v) is 13.0. The Morgan fingerprint density at radius 1 is 1.37 bits per heavy atom. The third-order valence-corrected chi connectivity index (χ3v) is 5.57. The molecule has 4 nitrogen and oxygen atoms in total. The van der Waals surface area contributed by atoms with Crippen molar-refractivity contribution in [1.29, 1.82) is 0 Å². The molecule has 1 N–H and O–H groups in total. The van der Waals surface area contributed by atoms with E-state index in [9.17, 15) is 9.00 Å². The largest absolute Gasteiger partial charge is 0.322 e. The molecule has 2 aliphatic heterocycles. The Bertz CT molecular complexity index is 349. The van der Waals surface area contributed by atoms with Gasteiger partial charge in [0.15, 0.2) is 0 Å². The van der Waals surface area contributed by atoms with Gasteiger partial charge in [0.2, 0.25) is 5.91 Å². The number of nitrogens with one attached hydrogen (secondary N) is 1. The lowest BCUT2D eigenvalue weighted by atomic mass is 10.1. The number of nitrogens with zero attached hydrogens (tertiary/aromatic N) is 1. The zero-order chi connectivity index (χ0) is 14.0. The molecule has 2 rings (SSSR count). The number of carbonyl (C=O) groups excluding carboxylic acids is 1. The van der Waals surface area contributed by atoms with Gasteiger partial charge in [0.25, 0.3) is 0 Å². The maximum atomic E-state index is 12.6. The summed E-state index contributed by atoms with van der Waals surface area (Å²) < 4.78 is 11.5. The van der Waals surface area contributed by atoms with Crippen LogP contribution in [0, 0.1) is 5.92 Å². The predicted molar refractivity (Wildman–Crippen MR) is 78.2 cm³/mol. The van der Waals surface area contributed by atoms with Crippen molar-refractivity contribution in [2.45, 2.75) is 64.7 Å². The summed E-state index contributed by atoms with van der Waals surface area (Å²) in [4.78, 5) is 14.6. The fraction of sp³-hybridized carbons (Fsp3) is 0.929. The molecule has 1 amide bonds. The average Bonchev–Trinajstić information content (AvgIpc) is 2.69. The van der Waals surface area contributed by atoms with Gasteiger partial charge in [0.1, 0.15) is 0 Å². The van der Waals surface area contributed by atoms with Gasteiger partial charge in [0.05, 0.1) is 12.2 Å². The lowest BCUT2D eigenvalue weighted by Gasteiger charge is -2.36. The van der Waals surface area contributed by atoms with Crippen LogP contribution < -0.4 is 5.32 Å². The minimum absolute atomic E-state index is 0.00942. The van der Waals surface area contributed by atoms with Gasteiger partial charge in [0, 0.05) is 28.3 Å². The second-order valence-corrected chi connectivity index (χ2v) is 7.72. The van der Waals surface area contributed by atoms with E-state index >= 15 is 0 Å². The van der Waals surface area contributed by atoms with E-state index in [1.807, 2.05) is 0 Å². The summed E-state index contributed by atoms with van der Waals surface area (Å²) in [6, 6.07) is 0.275. The molecule has 2 aliphatic rings. The van der Waals surface area contributed by atoms with Gasteiger partial charge in [-0.05, 0) is 25.2 Å². The minimum atomic E-state index is -0.665.